The van der Waals surface area contributed by atoms with Gasteiger partial charge in [-0.1, -0.05) is 18.5 Å². The Kier molecular flexibility index (Phi) is 3.51. The third kappa shape index (κ3) is 2.22. The van der Waals surface area contributed by atoms with Crippen LogP contribution in [0.2, 0.25) is 5.15 Å². The molecule has 0 fully saturated rings. The van der Waals surface area contributed by atoms with Gasteiger partial charge in [0.2, 0.25) is 5.16 Å². The van der Waals surface area contributed by atoms with Crippen LogP contribution in [-0.2, 0) is 6.42 Å². The van der Waals surface area contributed by atoms with Crippen molar-refractivity contribution in [1.29, 1.82) is 5.26 Å². The number of aromatic nitrogens is 4. The van der Waals surface area contributed by atoms with Crippen LogP contribution in [0.5, 0.6) is 0 Å². The number of hydrogen-bond acceptors (Lipinski definition) is 7. The molecule has 88 valence electrons. The first kappa shape index (κ1) is 12.2. The van der Waals surface area contributed by atoms with E-state index in [-0.39, 0.29) is 5.15 Å². The van der Waals surface area contributed by atoms with Crippen LogP contribution >= 0.6 is 34.9 Å². The van der Waals surface area contributed by atoms with Crippen LogP contribution in [0.1, 0.15) is 18.3 Å². The van der Waals surface area contributed by atoms with Gasteiger partial charge in [-0.2, -0.15) is 9.64 Å². The minimum Gasteiger partial charge on any atom is -0.336 e. The van der Waals surface area contributed by atoms with Gasteiger partial charge in [0.1, 0.15) is 15.8 Å². The van der Waals surface area contributed by atoms with Crippen molar-refractivity contribution in [2.75, 3.05) is 5.84 Å². The zero-order valence-electron chi connectivity index (χ0n) is 8.71. The minimum atomic E-state index is 0.207. The molecule has 0 aliphatic heterocycles. The average Bonchev–Trinajstić information content (AvgIpc) is 2.84. The van der Waals surface area contributed by atoms with E-state index < -0.39 is 0 Å². The molecule has 0 radical (unpaired) electrons. The lowest BCUT2D eigenvalue weighted by molar-refractivity contribution is 0.796. The maximum atomic E-state index is 8.93. The molecule has 2 heterocycles. The lowest BCUT2D eigenvalue weighted by atomic mass is 10.4. The standard InChI is InChI=1S/C8H7ClN6S2/c1-2-5-12-13-8(15(5)11)16-7-4(3-10)6(9)14-17-7/h2,11H2,1H3. The first-order valence-corrected chi connectivity index (χ1v) is 6.56. The Labute approximate surface area is 111 Å². The highest BCUT2D eigenvalue weighted by Crippen LogP contribution is 2.35. The smallest absolute Gasteiger partial charge is 0.215 e. The van der Waals surface area contributed by atoms with Crippen molar-refractivity contribution >= 4 is 34.9 Å². The van der Waals surface area contributed by atoms with E-state index in [0.29, 0.717) is 27.2 Å². The number of halogens is 1. The quantitative estimate of drug-likeness (QED) is 0.863. The first-order valence-electron chi connectivity index (χ1n) is 4.59. The molecule has 6 nitrogen and oxygen atoms in total. The summed E-state index contributed by atoms with van der Waals surface area (Å²) in [6.45, 7) is 1.94. The molecule has 2 aromatic heterocycles. The first-order chi connectivity index (χ1) is 8.17. The largest absolute Gasteiger partial charge is 0.336 e. The van der Waals surface area contributed by atoms with E-state index in [2.05, 4.69) is 14.6 Å². The van der Waals surface area contributed by atoms with Crippen molar-refractivity contribution in [3.63, 3.8) is 0 Å². The predicted octanol–water partition coefficient (Wildman–Crippen LogP) is 1.69. The van der Waals surface area contributed by atoms with Gasteiger partial charge in [-0.05, 0) is 23.3 Å². The molecule has 2 rings (SSSR count). The third-order valence-electron chi connectivity index (χ3n) is 1.97. The number of hydrogen-bond donors (Lipinski definition) is 1. The van der Waals surface area contributed by atoms with E-state index >= 15 is 0 Å². The van der Waals surface area contributed by atoms with Crippen molar-refractivity contribution in [1.82, 2.24) is 19.2 Å². The second-order valence-electron chi connectivity index (χ2n) is 2.97. The molecule has 0 atom stereocenters. The van der Waals surface area contributed by atoms with Gasteiger partial charge in [-0.3, -0.25) is 0 Å². The van der Waals surface area contributed by atoms with Crippen LogP contribution in [0.15, 0.2) is 9.37 Å². The summed E-state index contributed by atoms with van der Waals surface area (Å²) in [6.07, 6.45) is 0.693. The topological polar surface area (TPSA) is 93.4 Å². The maximum Gasteiger partial charge on any atom is 0.215 e. The van der Waals surface area contributed by atoms with E-state index in [0.717, 1.165) is 11.5 Å². The molecule has 17 heavy (non-hydrogen) atoms. The fraction of sp³-hybridized carbons (Fsp3) is 0.250. The SMILES string of the molecule is CCc1nnc(Sc2snc(Cl)c2C#N)n1N. The van der Waals surface area contributed by atoms with Gasteiger partial charge in [0.05, 0.1) is 0 Å². The number of aryl methyl sites for hydroxylation is 1. The van der Waals surface area contributed by atoms with Gasteiger partial charge in [-0.25, -0.2) is 4.68 Å². The highest BCUT2D eigenvalue weighted by molar-refractivity contribution is 8.01. The van der Waals surface area contributed by atoms with E-state index in [1.165, 1.54) is 16.4 Å². The van der Waals surface area contributed by atoms with Gasteiger partial charge in [0.25, 0.3) is 0 Å². The molecule has 0 saturated heterocycles. The zero-order chi connectivity index (χ0) is 12.4. The highest BCUT2D eigenvalue weighted by Gasteiger charge is 2.17. The van der Waals surface area contributed by atoms with Gasteiger partial charge >= 0.3 is 0 Å². The molecule has 0 unspecified atom stereocenters. The molecule has 2 aromatic rings. The number of nitriles is 1. The molecule has 0 saturated carbocycles. The van der Waals surface area contributed by atoms with E-state index in [4.69, 9.17) is 22.7 Å². The summed E-state index contributed by atoms with van der Waals surface area (Å²) in [5, 5.41) is 17.5. The fourth-order valence-electron chi connectivity index (χ4n) is 1.12. The number of nitrogen functional groups attached to an aromatic ring is 1. The third-order valence-corrected chi connectivity index (χ3v) is 4.31. The Morgan fingerprint density at radius 3 is 2.94 bits per heavy atom. The van der Waals surface area contributed by atoms with Crippen molar-refractivity contribution in [3.8, 4) is 6.07 Å². The van der Waals surface area contributed by atoms with Crippen LogP contribution in [0.3, 0.4) is 0 Å². The minimum absolute atomic E-state index is 0.207. The molecular formula is C8H7ClN6S2. The summed E-state index contributed by atoms with van der Waals surface area (Å²) in [4.78, 5) is 0. The van der Waals surface area contributed by atoms with Gasteiger partial charge < -0.3 is 5.84 Å². The Morgan fingerprint density at radius 2 is 2.35 bits per heavy atom. The Balaban J connectivity index is 2.32. The van der Waals surface area contributed by atoms with Gasteiger partial charge in [0, 0.05) is 6.42 Å². The molecular weight excluding hydrogens is 280 g/mol. The zero-order valence-corrected chi connectivity index (χ0v) is 11.1. The summed E-state index contributed by atoms with van der Waals surface area (Å²) < 4.78 is 5.97. The molecule has 0 aliphatic rings. The van der Waals surface area contributed by atoms with E-state index in [1.807, 2.05) is 13.0 Å². The van der Waals surface area contributed by atoms with Crippen molar-refractivity contribution in [2.24, 2.45) is 0 Å². The Morgan fingerprint density at radius 1 is 1.59 bits per heavy atom. The van der Waals surface area contributed by atoms with Gasteiger partial charge in [0.15, 0.2) is 11.0 Å². The summed E-state index contributed by atoms with van der Waals surface area (Å²) in [7, 11) is 0. The van der Waals surface area contributed by atoms with Crippen molar-refractivity contribution < 1.29 is 0 Å². The molecule has 0 aliphatic carbocycles. The molecule has 0 amide bonds. The molecule has 2 N–H and O–H groups in total. The fourth-order valence-corrected chi connectivity index (χ4v) is 3.14. The van der Waals surface area contributed by atoms with Crippen LogP contribution in [0.4, 0.5) is 0 Å². The van der Waals surface area contributed by atoms with E-state index in [9.17, 15) is 0 Å². The van der Waals surface area contributed by atoms with Crippen LogP contribution in [0.25, 0.3) is 0 Å². The summed E-state index contributed by atoms with van der Waals surface area (Å²) in [6, 6.07) is 2.00. The summed E-state index contributed by atoms with van der Waals surface area (Å²) >= 11 is 8.15. The second kappa shape index (κ2) is 4.91. The van der Waals surface area contributed by atoms with Crippen molar-refractivity contribution in [3.05, 3.63) is 16.5 Å². The number of rotatable bonds is 3. The Bertz CT molecular complexity index is 583. The average molecular weight is 287 g/mol. The second-order valence-corrected chi connectivity index (χ2v) is 5.34. The number of nitrogens with two attached hydrogens (primary N) is 1. The summed E-state index contributed by atoms with van der Waals surface area (Å²) in [5.74, 6) is 6.48. The van der Waals surface area contributed by atoms with Crippen LogP contribution in [0, 0.1) is 11.3 Å². The highest BCUT2D eigenvalue weighted by atomic mass is 35.5. The molecule has 0 bridgehead atoms. The maximum absolute atomic E-state index is 8.93. The monoisotopic (exact) mass is 286 g/mol. The predicted molar refractivity (Wildman–Crippen MR) is 65.5 cm³/mol. The molecule has 0 spiro atoms. The van der Waals surface area contributed by atoms with Crippen molar-refractivity contribution in [2.45, 2.75) is 22.7 Å². The normalized spacial score (nSPS) is 10.4. The lowest BCUT2D eigenvalue weighted by Crippen LogP contribution is -2.13. The van der Waals surface area contributed by atoms with Crippen LogP contribution in [-0.4, -0.2) is 19.2 Å². The van der Waals surface area contributed by atoms with E-state index in [1.54, 1.807) is 0 Å². The Hall–Kier alpha value is -1.30. The van der Waals surface area contributed by atoms with Gasteiger partial charge in [-0.15, -0.1) is 10.2 Å². The number of nitrogens with zero attached hydrogens (tertiary/aromatic N) is 5. The summed E-state index contributed by atoms with van der Waals surface area (Å²) in [5.41, 5.74) is 0.350. The molecule has 9 heteroatoms. The lowest BCUT2D eigenvalue weighted by Gasteiger charge is -1.99. The van der Waals surface area contributed by atoms with Crippen LogP contribution < -0.4 is 5.84 Å². The molecule has 0 aromatic carbocycles.